The quantitative estimate of drug-likeness (QED) is 0.155. The van der Waals surface area contributed by atoms with Gasteiger partial charge < -0.3 is 39.4 Å². The number of rotatable bonds is 9. The van der Waals surface area contributed by atoms with Crippen molar-refractivity contribution < 1.29 is 33.4 Å². The molecule has 0 saturated carbocycles. The third kappa shape index (κ3) is 9.94. The number of hydrogen-bond donors (Lipinski definition) is 3. The van der Waals surface area contributed by atoms with E-state index in [0.717, 1.165) is 44.7 Å². The first-order chi connectivity index (χ1) is 32.0. The number of piperazine rings is 1. The summed E-state index contributed by atoms with van der Waals surface area (Å²) in [6, 6.07) is 6.96. The van der Waals surface area contributed by atoms with Crippen LogP contribution in [0.25, 0.3) is 33.4 Å². The molecule has 3 saturated heterocycles. The number of hydrazine groups is 1. The van der Waals surface area contributed by atoms with Crippen molar-refractivity contribution in [1.29, 1.82) is 0 Å². The van der Waals surface area contributed by atoms with E-state index in [1.54, 1.807) is 25.3 Å². The number of benzene rings is 1. The van der Waals surface area contributed by atoms with E-state index >= 15 is 0 Å². The molecule has 0 radical (unpaired) electrons. The molecule has 8 rings (SSSR count). The van der Waals surface area contributed by atoms with Gasteiger partial charge in [-0.15, -0.1) is 11.3 Å². The summed E-state index contributed by atoms with van der Waals surface area (Å²) >= 11 is 1.41. The number of nitrogens with zero attached hydrogens (tertiary/aromatic N) is 7. The second kappa shape index (κ2) is 19.7. The van der Waals surface area contributed by atoms with E-state index < -0.39 is 41.3 Å². The normalized spacial score (nSPS) is 23.1. The fraction of sp³-hybridized carbons (Fsp3) is 0.571. The molecule has 1 aromatic carbocycles. The van der Waals surface area contributed by atoms with Crippen LogP contribution < -0.4 is 16.1 Å². The van der Waals surface area contributed by atoms with Crippen molar-refractivity contribution in [2.24, 2.45) is 11.3 Å². The maximum absolute atomic E-state index is 14.7. The van der Waals surface area contributed by atoms with Gasteiger partial charge in [-0.05, 0) is 75.8 Å². The van der Waals surface area contributed by atoms with Crippen LogP contribution in [0.5, 0.6) is 0 Å². The summed E-state index contributed by atoms with van der Waals surface area (Å²) in [4.78, 5) is 84.9. The van der Waals surface area contributed by atoms with Crippen molar-refractivity contribution in [3.05, 3.63) is 58.2 Å². The van der Waals surface area contributed by atoms with Crippen molar-refractivity contribution in [1.82, 2.24) is 50.3 Å². The zero-order chi connectivity index (χ0) is 47.9. The smallest absolute Gasteiger partial charge is 0.324 e. The van der Waals surface area contributed by atoms with Gasteiger partial charge >= 0.3 is 12.0 Å². The lowest BCUT2D eigenvalue weighted by Gasteiger charge is -2.42. The highest BCUT2D eigenvalue weighted by atomic mass is 32.1. The first kappa shape index (κ1) is 48.0. The highest BCUT2D eigenvalue weighted by Crippen LogP contribution is 2.42. The monoisotopic (exact) mass is 938 g/mol. The van der Waals surface area contributed by atoms with Crippen LogP contribution in [0.2, 0.25) is 0 Å². The highest BCUT2D eigenvalue weighted by Gasteiger charge is 2.42. The number of fused-ring (bicyclic) bond motifs is 6. The number of aromatic nitrogens is 3. The van der Waals surface area contributed by atoms with Crippen LogP contribution >= 0.6 is 11.3 Å². The van der Waals surface area contributed by atoms with Gasteiger partial charge in [0.15, 0.2) is 0 Å². The summed E-state index contributed by atoms with van der Waals surface area (Å²) in [5, 5.41) is 11.2. The minimum atomic E-state index is -1.08. The molecule has 3 aromatic heterocycles. The van der Waals surface area contributed by atoms with Crippen LogP contribution in [0.4, 0.5) is 4.79 Å². The molecule has 4 aliphatic heterocycles. The van der Waals surface area contributed by atoms with Crippen molar-refractivity contribution in [2.45, 2.75) is 117 Å². The Morgan fingerprint density at radius 2 is 1.90 bits per heavy atom. The average molecular weight is 939 g/mol. The SMILES string of the molecule is CCn1c(-c2cccnc2[C@H](C)OC)c2c3cc(ccc31)-c1csc(n1)C[C@H](NC(=O)C(C(C)C)N(C)C(=O)N1CCN(C(=O)[C@H]3CN3)[C@H](C)C1)C(=O)N1CCC[C@H](N1)C(=O)OCC(C)(C)C2. The largest absolute Gasteiger partial charge is 0.464 e. The van der Waals surface area contributed by atoms with Gasteiger partial charge in [-0.25, -0.2) is 15.2 Å². The number of cyclic esters (lactones) is 1. The fourth-order valence-electron chi connectivity index (χ4n) is 9.98. The number of esters is 1. The summed E-state index contributed by atoms with van der Waals surface area (Å²) in [7, 11) is 3.30. The number of pyridine rings is 1. The van der Waals surface area contributed by atoms with Gasteiger partial charge in [0.1, 0.15) is 18.1 Å². The van der Waals surface area contributed by atoms with Gasteiger partial charge in [0, 0.05) is 105 Å². The van der Waals surface area contributed by atoms with Crippen molar-refractivity contribution >= 4 is 52.0 Å². The van der Waals surface area contributed by atoms with E-state index in [1.165, 1.54) is 21.2 Å². The number of urea groups is 1. The minimum Gasteiger partial charge on any atom is -0.464 e. The Balaban J connectivity index is 1.13. The molecule has 5 amide bonds. The summed E-state index contributed by atoms with van der Waals surface area (Å²) in [5.74, 6) is -1.63. The summed E-state index contributed by atoms with van der Waals surface area (Å²) in [5.41, 5.74) is 9.28. The number of carbonyl (C=O) groups excluding carboxylic acids is 5. The fourth-order valence-corrected chi connectivity index (χ4v) is 10.8. The van der Waals surface area contributed by atoms with E-state index in [1.807, 2.05) is 44.0 Å². The molecule has 0 spiro atoms. The highest BCUT2D eigenvalue weighted by molar-refractivity contribution is 7.10. The molecule has 67 heavy (non-hydrogen) atoms. The molecule has 7 heterocycles. The van der Waals surface area contributed by atoms with E-state index in [-0.39, 0.29) is 49.1 Å². The molecule has 6 atom stereocenters. The molecule has 360 valence electrons. The predicted molar refractivity (Wildman–Crippen MR) is 256 cm³/mol. The summed E-state index contributed by atoms with van der Waals surface area (Å²) in [6.45, 7) is 16.9. The van der Waals surface area contributed by atoms with E-state index in [9.17, 15) is 24.0 Å². The zero-order valence-corrected chi connectivity index (χ0v) is 41.1. The number of likely N-dealkylation sites (N-methyl/N-ethyl adjacent to an activating group) is 1. The van der Waals surface area contributed by atoms with Crippen molar-refractivity contribution in [2.75, 3.05) is 53.5 Å². The molecule has 17 nitrogen and oxygen atoms in total. The molecule has 6 bridgehead atoms. The average Bonchev–Trinajstić information content (AvgIpc) is 4.00. The van der Waals surface area contributed by atoms with E-state index in [4.69, 9.17) is 19.4 Å². The molecule has 4 aliphatic rings. The van der Waals surface area contributed by atoms with Gasteiger partial charge in [0.05, 0.1) is 40.8 Å². The van der Waals surface area contributed by atoms with Gasteiger partial charge in [0.2, 0.25) is 11.8 Å². The Morgan fingerprint density at radius 3 is 2.60 bits per heavy atom. The first-order valence-corrected chi connectivity index (χ1v) is 24.6. The number of hydrogen-bond acceptors (Lipinski definition) is 12. The zero-order valence-electron chi connectivity index (χ0n) is 40.3. The Labute approximate surface area is 396 Å². The standard InChI is InChI=1S/C49H66N10O7S/c1-10-57-39-16-15-31-21-33(39)34(43(57)32-13-11-17-50-41(32)30(5)65-9)23-49(6,7)27-66-47(63)35-14-12-18-59(54-35)46(62)36(22-40-52-38(31)26-67-40)53-44(60)42(28(2)3)55(8)48(64)56-19-20-58(29(4)25-56)45(61)37-24-51-37/h11,13,15-17,21,26,28-30,35-37,42,51,54H,10,12,14,18-20,22-25,27H2,1-9H3,(H,53,60)/t29-,30+,35+,36+,37-,42?/m1/s1. The first-order valence-electron chi connectivity index (χ1n) is 23.7. The Kier molecular flexibility index (Phi) is 14.1. The van der Waals surface area contributed by atoms with Crippen LogP contribution in [0, 0.1) is 11.3 Å². The maximum Gasteiger partial charge on any atom is 0.324 e. The van der Waals surface area contributed by atoms with E-state index in [2.05, 4.69) is 65.7 Å². The lowest BCUT2D eigenvalue weighted by molar-refractivity contribution is -0.155. The van der Waals surface area contributed by atoms with Gasteiger partial charge in [0.25, 0.3) is 5.91 Å². The number of ether oxygens (including phenoxy) is 2. The maximum atomic E-state index is 14.7. The number of methoxy groups -OCH3 is 1. The lowest BCUT2D eigenvalue weighted by atomic mass is 9.84. The van der Waals surface area contributed by atoms with Gasteiger partial charge in [-0.3, -0.25) is 29.2 Å². The number of amides is 5. The summed E-state index contributed by atoms with van der Waals surface area (Å²) < 4.78 is 14.2. The molecule has 18 heteroatoms. The van der Waals surface area contributed by atoms with Crippen molar-refractivity contribution in [3.63, 3.8) is 0 Å². The van der Waals surface area contributed by atoms with Crippen LogP contribution in [0.15, 0.2) is 41.9 Å². The molecule has 3 N–H and O–H groups in total. The second-order valence-electron chi connectivity index (χ2n) is 19.6. The van der Waals surface area contributed by atoms with Crippen LogP contribution in [0.1, 0.15) is 83.7 Å². The van der Waals surface area contributed by atoms with Crippen LogP contribution in [0.3, 0.4) is 0 Å². The van der Waals surface area contributed by atoms with Gasteiger partial charge in [-0.1, -0.05) is 33.8 Å². The number of thiazole rings is 1. The molecular weight excluding hydrogens is 873 g/mol. The Hall–Kier alpha value is -5.43. The molecule has 3 fully saturated rings. The second-order valence-corrected chi connectivity index (χ2v) is 20.6. The molecular formula is C49H66N10O7S. The number of aryl methyl sites for hydroxylation is 1. The summed E-state index contributed by atoms with van der Waals surface area (Å²) in [6.07, 6.45) is 3.20. The minimum absolute atomic E-state index is 0.0454. The third-order valence-corrected chi connectivity index (χ3v) is 14.5. The topological polar surface area (TPSA) is 193 Å². The molecule has 1 unspecified atom stereocenters. The number of carbonyl (C=O) groups is 5. The predicted octanol–water partition coefficient (Wildman–Crippen LogP) is 4.78. The third-order valence-electron chi connectivity index (χ3n) is 13.7. The van der Waals surface area contributed by atoms with Crippen LogP contribution in [-0.2, 0) is 48.0 Å². The van der Waals surface area contributed by atoms with Crippen LogP contribution in [-0.4, -0.2) is 148 Å². The van der Waals surface area contributed by atoms with Crippen molar-refractivity contribution in [3.8, 4) is 22.5 Å². The molecule has 0 aliphatic carbocycles. The Morgan fingerprint density at radius 1 is 1.12 bits per heavy atom. The lowest BCUT2D eigenvalue weighted by Crippen LogP contribution is -2.63. The Bertz CT molecular complexity index is 2520. The number of nitrogens with one attached hydrogen (secondary N) is 3. The van der Waals surface area contributed by atoms with E-state index in [0.29, 0.717) is 63.5 Å². The molecule has 4 aromatic rings. The van der Waals surface area contributed by atoms with Gasteiger partial charge in [-0.2, -0.15) is 0 Å².